The zero-order valence-corrected chi connectivity index (χ0v) is 24.4. The molecule has 3 aromatic rings. The van der Waals surface area contributed by atoms with Crippen molar-refractivity contribution in [3.63, 3.8) is 0 Å². The van der Waals surface area contributed by atoms with Crippen molar-refractivity contribution in [1.29, 1.82) is 0 Å². The minimum Gasteiger partial charge on any atom is -0.466 e. The smallest absolute Gasteiger partial charge is 0.311 e. The zero-order chi connectivity index (χ0) is 29.1. The van der Waals surface area contributed by atoms with Crippen LogP contribution in [0.1, 0.15) is 50.8 Å². The molecule has 0 spiro atoms. The monoisotopic (exact) mass is 562 g/mol. The quantitative estimate of drug-likeness (QED) is 0.216. The molecule has 220 valence electrons. The molecule has 1 aliphatic heterocycles. The number of benzene rings is 3. The highest BCUT2D eigenvalue weighted by atomic mass is 16.7. The first kappa shape index (κ1) is 30.9. The molecule has 7 heteroatoms. The average Bonchev–Trinajstić information content (AvgIpc) is 2.96. The second kappa shape index (κ2) is 15.2. The molecule has 7 nitrogen and oxygen atoms in total. The first-order valence-corrected chi connectivity index (χ1v) is 14.4. The number of carbonyl (C=O) groups is 1. The lowest BCUT2D eigenvalue weighted by Gasteiger charge is -2.52. The molecule has 0 radical (unpaired) electrons. The Balaban J connectivity index is 1.71. The highest BCUT2D eigenvalue weighted by molar-refractivity contribution is 5.70. The second-order valence-electron chi connectivity index (χ2n) is 10.5. The van der Waals surface area contributed by atoms with Crippen molar-refractivity contribution in [3.05, 3.63) is 108 Å². The van der Waals surface area contributed by atoms with Gasteiger partial charge in [0.05, 0.1) is 38.6 Å². The van der Waals surface area contributed by atoms with Crippen LogP contribution in [0.25, 0.3) is 0 Å². The number of hydrogen-bond acceptors (Lipinski definition) is 7. The molecule has 1 aliphatic rings. The van der Waals surface area contributed by atoms with E-state index in [4.69, 9.17) is 28.4 Å². The zero-order valence-electron chi connectivity index (χ0n) is 24.4. The van der Waals surface area contributed by atoms with E-state index in [0.717, 1.165) is 16.7 Å². The molecule has 1 fully saturated rings. The fraction of sp³-hybridized carbons (Fsp3) is 0.441. The summed E-state index contributed by atoms with van der Waals surface area (Å²) < 4.78 is 38.3. The summed E-state index contributed by atoms with van der Waals surface area (Å²) in [5.74, 6) is -1.89. The van der Waals surface area contributed by atoms with Crippen molar-refractivity contribution in [2.75, 3.05) is 6.61 Å². The third kappa shape index (κ3) is 8.71. The number of rotatable bonds is 14. The van der Waals surface area contributed by atoms with Crippen molar-refractivity contribution in [2.24, 2.45) is 0 Å². The maximum atomic E-state index is 13.0. The van der Waals surface area contributed by atoms with E-state index in [-0.39, 0.29) is 25.7 Å². The van der Waals surface area contributed by atoms with Gasteiger partial charge in [-0.1, -0.05) is 91.0 Å². The fourth-order valence-electron chi connectivity index (χ4n) is 5.16. The van der Waals surface area contributed by atoms with Crippen LogP contribution in [0.4, 0.5) is 0 Å². The van der Waals surface area contributed by atoms with E-state index in [9.17, 15) is 4.79 Å². The lowest BCUT2D eigenvalue weighted by atomic mass is 9.89. The predicted molar refractivity (Wildman–Crippen MR) is 156 cm³/mol. The average molecular weight is 563 g/mol. The molecule has 3 aromatic carbocycles. The molecule has 4 rings (SSSR count). The van der Waals surface area contributed by atoms with E-state index < -0.39 is 36.2 Å². The summed E-state index contributed by atoms with van der Waals surface area (Å²) in [7, 11) is 0. The molecule has 0 unspecified atom stereocenters. The molecule has 1 saturated heterocycles. The van der Waals surface area contributed by atoms with Gasteiger partial charge in [-0.3, -0.25) is 4.79 Å². The standard InChI is InChI=1S/C34H42O7/c1-5-36-30(35)21-34(40-25(2)3)33(39-24-29-19-13-8-14-20-29)32(38-23-28-17-11-7-12-18-28)31(26(4)41-34)37-22-27-15-9-6-10-16-27/h6-20,25-26,31-33H,5,21-24H2,1-4H3/t26-,31+,32+,33-,34+/m0/s1. The Morgan fingerprint density at radius 2 is 1.22 bits per heavy atom. The Morgan fingerprint density at radius 1 is 0.756 bits per heavy atom. The molecule has 0 aromatic heterocycles. The van der Waals surface area contributed by atoms with Crippen LogP contribution in [-0.4, -0.2) is 48.9 Å². The van der Waals surface area contributed by atoms with Gasteiger partial charge in [0, 0.05) is 0 Å². The molecule has 0 amide bonds. The summed E-state index contributed by atoms with van der Waals surface area (Å²) in [6, 6.07) is 29.8. The van der Waals surface area contributed by atoms with Gasteiger partial charge < -0.3 is 28.4 Å². The molecule has 0 saturated carbocycles. The van der Waals surface area contributed by atoms with Crippen molar-refractivity contribution in [2.45, 2.75) is 90.2 Å². The normalized spacial score (nSPS) is 24.3. The number of ether oxygens (including phenoxy) is 6. The van der Waals surface area contributed by atoms with E-state index in [1.54, 1.807) is 6.92 Å². The van der Waals surface area contributed by atoms with Gasteiger partial charge in [0.15, 0.2) is 0 Å². The Kier molecular flexibility index (Phi) is 11.5. The molecule has 0 bridgehead atoms. The molecule has 5 atom stereocenters. The van der Waals surface area contributed by atoms with Gasteiger partial charge in [-0.25, -0.2) is 0 Å². The van der Waals surface area contributed by atoms with Gasteiger partial charge in [-0.2, -0.15) is 0 Å². The Morgan fingerprint density at radius 3 is 1.68 bits per heavy atom. The SMILES string of the molecule is CCOC(=O)C[C@@]1(OC(C)C)O[C@@H](C)[C@@H](OCc2ccccc2)[C@@H](OCc2ccccc2)[C@@H]1OCc1ccccc1. The molecule has 41 heavy (non-hydrogen) atoms. The van der Waals surface area contributed by atoms with Gasteiger partial charge >= 0.3 is 5.97 Å². The Bertz CT molecular complexity index is 1170. The summed E-state index contributed by atoms with van der Waals surface area (Å²) in [4.78, 5) is 13.0. The second-order valence-corrected chi connectivity index (χ2v) is 10.5. The van der Waals surface area contributed by atoms with E-state index >= 15 is 0 Å². The molecule has 0 N–H and O–H groups in total. The first-order valence-electron chi connectivity index (χ1n) is 14.4. The van der Waals surface area contributed by atoms with Crippen LogP contribution in [0.5, 0.6) is 0 Å². The fourth-order valence-corrected chi connectivity index (χ4v) is 5.16. The Labute approximate surface area is 243 Å². The van der Waals surface area contributed by atoms with Crippen LogP contribution < -0.4 is 0 Å². The molecular formula is C34H42O7. The van der Waals surface area contributed by atoms with E-state index in [1.165, 1.54) is 0 Å². The van der Waals surface area contributed by atoms with Crippen molar-refractivity contribution < 1.29 is 33.2 Å². The van der Waals surface area contributed by atoms with Crippen LogP contribution >= 0.6 is 0 Å². The summed E-state index contributed by atoms with van der Waals surface area (Å²) in [6.45, 7) is 8.73. The van der Waals surface area contributed by atoms with Gasteiger partial charge in [-0.05, 0) is 44.4 Å². The van der Waals surface area contributed by atoms with Crippen LogP contribution in [0.15, 0.2) is 91.0 Å². The highest BCUT2D eigenvalue weighted by Crippen LogP contribution is 2.40. The van der Waals surface area contributed by atoms with Crippen molar-refractivity contribution in [3.8, 4) is 0 Å². The van der Waals surface area contributed by atoms with Gasteiger partial charge in [-0.15, -0.1) is 0 Å². The largest absolute Gasteiger partial charge is 0.466 e. The lowest BCUT2D eigenvalue weighted by Crippen LogP contribution is -2.67. The third-order valence-corrected chi connectivity index (χ3v) is 6.88. The molecule has 0 aliphatic carbocycles. The summed E-state index contributed by atoms with van der Waals surface area (Å²) in [6.07, 6.45) is -2.85. The maximum Gasteiger partial charge on any atom is 0.311 e. The van der Waals surface area contributed by atoms with E-state index in [2.05, 4.69) is 0 Å². The van der Waals surface area contributed by atoms with Gasteiger partial charge in [0.2, 0.25) is 5.79 Å². The summed E-state index contributed by atoms with van der Waals surface area (Å²) in [5.41, 5.74) is 3.02. The van der Waals surface area contributed by atoms with E-state index in [0.29, 0.717) is 13.2 Å². The number of carbonyl (C=O) groups excluding carboxylic acids is 1. The predicted octanol–water partition coefficient (Wildman–Crippen LogP) is 6.24. The molecule has 1 heterocycles. The molecular weight excluding hydrogens is 520 g/mol. The first-order chi connectivity index (χ1) is 19.9. The van der Waals surface area contributed by atoms with Crippen LogP contribution in [0, 0.1) is 0 Å². The summed E-state index contributed by atoms with van der Waals surface area (Å²) in [5, 5.41) is 0. The Hall–Kier alpha value is -3.07. The van der Waals surface area contributed by atoms with Crippen LogP contribution in [0.2, 0.25) is 0 Å². The third-order valence-electron chi connectivity index (χ3n) is 6.88. The van der Waals surface area contributed by atoms with Gasteiger partial charge in [0.25, 0.3) is 0 Å². The summed E-state index contributed by atoms with van der Waals surface area (Å²) >= 11 is 0. The van der Waals surface area contributed by atoms with Gasteiger partial charge in [0.1, 0.15) is 24.7 Å². The number of hydrogen-bond donors (Lipinski definition) is 0. The minimum absolute atomic E-state index is 0.153. The maximum absolute atomic E-state index is 13.0. The lowest BCUT2D eigenvalue weighted by molar-refractivity contribution is -0.383. The van der Waals surface area contributed by atoms with Crippen molar-refractivity contribution >= 4 is 5.97 Å². The van der Waals surface area contributed by atoms with Crippen LogP contribution in [0.3, 0.4) is 0 Å². The number of esters is 1. The topological polar surface area (TPSA) is 72.5 Å². The van der Waals surface area contributed by atoms with Crippen LogP contribution in [-0.2, 0) is 53.0 Å². The van der Waals surface area contributed by atoms with E-state index in [1.807, 2.05) is 112 Å². The highest BCUT2D eigenvalue weighted by Gasteiger charge is 2.58. The minimum atomic E-state index is -1.46. The van der Waals surface area contributed by atoms with Crippen molar-refractivity contribution in [1.82, 2.24) is 0 Å².